The van der Waals surface area contributed by atoms with Crippen LogP contribution >= 0.6 is 23.2 Å². The van der Waals surface area contributed by atoms with Crippen LogP contribution in [0.1, 0.15) is 5.56 Å². The number of pyridine rings is 1. The lowest BCUT2D eigenvalue weighted by Crippen LogP contribution is -2.10. The lowest BCUT2D eigenvalue weighted by Gasteiger charge is -2.11. The van der Waals surface area contributed by atoms with Gasteiger partial charge in [0.05, 0.1) is 16.2 Å². The third-order valence-electron chi connectivity index (χ3n) is 2.70. The van der Waals surface area contributed by atoms with Gasteiger partial charge in [-0.15, -0.1) is 0 Å². The monoisotopic (exact) mass is 340 g/mol. The Balaban J connectivity index is 2.21. The second-order valence-corrected chi connectivity index (χ2v) is 5.07. The molecule has 22 heavy (non-hydrogen) atoms. The van der Waals surface area contributed by atoms with Gasteiger partial charge in [-0.25, -0.2) is 4.98 Å². The van der Waals surface area contributed by atoms with Gasteiger partial charge in [0, 0.05) is 23.7 Å². The van der Waals surface area contributed by atoms with Gasteiger partial charge in [-0.2, -0.15) is 5.10 Å². The minimum atomic E-state index is -0.536. The molecule has 0 saturated carbocycles. The number of aromatic nitrogens is 1. The number of benzene rings is 1. The van der Waals surface area contributed by atoms with Gasteiger partial charge < -0.3 is 5.11 Å². The maximum atomic E-state index is 10.6. The molecule has 1 aromatic carbocycles. The van der Waals surface area contributed by atoms with E-state index in [1.165, 1.54) is 35.5 Å². The molecule has 1 N–H and O–H groups in total. The van der Waals surface area contributed by atoms with E-state index in [4.69, 9.17) is 23.2 Å². The van der Waals surface area contributed by atoms with Crippen LogP contribution in [0.2, 0.25) is 10.0 Å². The van der Waals surface area contributed by atoms with E-state index >= 15 is 0 Å². The summed E-state index contributed by atoms with van der Waals surface area (Å²) in [6.45, 7) is 0. The Kier molecular flexibility index (Phi) is 4.79. The van der Waals surface area contributed by atoms with Crippen LogP contribution in [-0.4, -0.2) is 28.3 Å². The van der Waals surface area contributed by atoms with Crippen molar-refractivity contribution >= 4 is 40.9 Å². The number of phenols is 1. The quantitative estimate of drug-likeness (QED) is 0.522. The average molecular weight is 341 g/mol. The number of hydrogen-bond donors (Lipinski definition) is 1. The van der Waals surface area contributed by atoms with Crippen molar-refractivity contribution in [3.8, 4) is 5.75 Å². The summed E-state index contributed by atoms with van der Waals surface area (Å²) in [5.74, 6) is 0.259. The van der Waals surface area contributed by atoms with E-state index in [9.17, 15) is 15.2 Å². The van der Waals surface area contributed by atoms with E-state index in [-0.39, 0.29) is 16.5 Å². The summed E-state index contributed by atoms with van der Waals surface area (Å²) < 4.78 is 0. The number of hydrogen-bond acceptors (Lipinski definition) is 6. The van der Waals surface area contributed by atoms with Crippen LogP contribution in [-0.2, 0) is 0 Å². The van der Waals surface area contributed by atoms with E-state index in [0.29, 0.717) is 16.4 Å². The topological polar surface area (TPSA) is 91.9 Å². The lowest BCUT2D eigenvalue weighted by atomic mass is 10.2. The predicted molar refractivity (Wildman–Crippen MR) is 85.0 cm³/mol. The molecule has 0 aliphatic rings. The summed E-state index contributed by atoms with van der Waals surface area (Å²) in [7, 11) is 1.61. The molecule has 1 aromatic heterocycles. The third kappa shape index (κ3) is 3.63. The fourth-order valence-corrected chi connectivity index (χ4v) is 2.08. The zero-order valence-electron chi connectivity index (χ0n) is 11.3. The normalized spacial score (nSPS) is 10.9. The molecule has 9 heteroatoms. The Morgan fingerprint density at radius 3 is 2.73 bits per heavy atom. The molecule has 0 radical (unpaired) electrons. The average Bonchev–Trinajstić information content (AvgIpc) is 2.49. The van der Waals surface area contributed by atoms with Crippen LogP contribution in [0, 0.1) is 10.1 Å². The SMILES string of the molecule is CN(/N=C/c1cc(Cl)cc(Cl)c1O)c1ccc([N+](=O)[O-])cn1. The molecule has 0 unspecified atom stereocenters. The Hall–Kier alpha value is -2.38. The van der Waals surface area contributed by atoms with Crippen LogP contribution in [0.15, 0.2) is 35.6 Å². The summed E-state index contributed by atoms with van der Waals surface area (Å²) in [4.78, 5) is 14.0. The summed E-state index contributed by atoms with van der Waals surface area (Å²) in [5.41, 5.74) is 0.228. The maximum Gasteiger partial charge on any atom is 0.287 e. The lowest BCUT2D eigenvalue weighted by molar-refractivity contribution is -0.385. The molecule has 0 amide bonds. The van der Waals surface area contributed by atoms with Crippen LogP contribution in [0.3, 0.4) is 0 Å². The molecule has 0 aliphatic heterocycles. The van der Waals surface area contributed by atoms with E-state index in [2.05, 4.69) is 10.1 Å². The Bertz CT molecular complexity index is 735. The molecule has 1 heterocycles. The molecular formula is C13H10Cl2N4O3. The van der Waals surface area contributed by atoms with Crippen LogP contribution in [0.25, 0.3) is 0 Å². The second kappa shape index (κ2) is 6.59. The van der Waals surface area contributed by atoms with E-state index in [1.807, 2.05) is 0 Å². The molecule has 0 saturated heterocycles. The predicted octanol–water partition coefficient (Wildman–Crippen LogP) is 3.47. The summed E-state index contributed by atoms with van der Waals surface area (Å²) in [6, 6.07) is 5.70. The Morgan fingerprint density at radius 1 is 1.41 bits per heavy atom. The highest BCUT2D eigenvalue weighted by molar-refractivity contribution is 6.36. The zero-order valence-corrected chi connectivity index (χ0v) is 12.8. The third-order valence-corrected chi connectivity index (χ3v) is 3.21. The number of hydrazone groups is 1. The number of anilines is 1. The Labute approximate surface area is 135 Å². The van der Waals surface area contributed by atoms with Crippen LogP contribution in [0.5, 0.6) is 5.75 Å². The summed E-state index contributed by atoms with van der Waals surface area (Å²) in [5, 5.41) is 26.3. The minimum absolute atomic E-state index is 0.111. The van der Waals surface area contributed by atoms with Gasteiger partial charge in [0.1, 0.15) is 17.8 Å². The largest absolute Gasteiger partial charge is 0.506 e. The van der Waals surface area contributed by atoms with Crippen molar-refractivity contribution in [2.24, 2.45) is 5.10 Å². The fourth-order valence-electron chi connectivity index (χ4n) is 1.57. The van der Waals surface area contributed by atoms with Gasteiger partial charge in [-0.05, 0) is 18.2 Å². The van der Waals surface area contributed by atoms with Crippen molar-refractivity contribution in [3.05, 3.63) is 56.2 Å². The first-order valence-corrected chi connectivity index (χ1v) is 6.70. The summed E-state index contributed by atoms with van der Waals surface area (Å²) >= 11 is 11.7. The van der Waals surface area contributed by atoms with Crippen molar-refractivity contribution in [1.29, 1.82) is 0 Å². The number of nitrogens with zero attached hydrogens (tertiary/aromatic N) is 4. The maximum absolute atomic E-state index is 10.6. The Morgan fingerprint density at radius 2 is 2.14 bits per heavy atom. The molecule has 2 aromatic rings. The van der Waals surface area contributed by atoms with Crippen LogP contribution in [0.4, 0.5) is 11.5 Å². The first-order valence-electron chi connectivity index (χ1n) is 5.94. The van der Waals surface area contributed by atoms with E-state index < -0.39 is 4.92 Å². The highest BCUT2D eigenvalue weighted by Gasteiger charge is 2.09. The van der Waals surface area contributed by atoms with Gasteiger partial charge in [0.2, 0.25) is 0 Å². The van der Waals surface area contributed by atoms with Gasteiger partial charge >= 0.3 is 0 Å². The number of halogens is 2. The molecule has 114 valence electrons. The molecular weight excluding hydrogens is 331 g/mol. The van der Waals surface area contributed by atoms with Crippen molar-refractivity contribution < 1.29 is 10.0 Å². The minimum Gasteiger partial charge on any atom is -0.506 e. The number of nitro groups is 1. The van der Waals surface area contributed by atoms with Crippen molar-refractivity contribution in [3.63, 3.8) is 0 Å². The first kappa shape index (κ1) is 16.0. The smallest absolute Gasteiger partial charge is 0.287 e. The zero-order chi connectivity index (χ0) is 16.3. The van der Waals surface area contributed by atoms with Gasteiger partial charge in [0.15, 0.2) is 0 Å². The number of rotatable bonds is 4. The molecule has 0 atom stereocenters. The molecule has 0 spiro atoms. The molecule has 2 rings (SSSR count). The number of phenolic OH excluding ortho intramolecular Hbond substituents is 1. The summed E-state index contributed by atoms with van der Waals surface area (Å²) in [6.07, 6.45) is 2.49. The number of aromatic hydroxyl groups is 1. The fraction of sp³-hybridized carbons (Fsp3) is 0.0769. The van der Waals surface area contributed by atoms with E-state index in [0.717, 1.165) is 6.20 Å². The van der Waals surface area contributed by atoms with Gasteiger partial charge in [-0.3, -0.25) is 15.1 Å². The van der Waals surface area contributed by atoms with Crippen molar-refractivity contribution in [2.75, 3.05) is 12.1 Å². The highest BCUT2D eigenvalue weighted by Crippen LogP contribution is 2.30. The molecule has 0 bridgehead atoms. The van der Waals surface area contributed by atoms with Gasteiger partial charge in [-0.1, -0.05) is 23.2 Å². The molecule has 0 fully saturated rings. The standard InChI is InChI=1S/C13H10Cl2N4O3/c1-18(12-3-2-10(7-16-12)19(21)22)17-6-8-4-9(14)5-11(15)13(8)20/h2-7,20H,1H3/b17-6+. The molecule has 0 aliphatic carbocycles. The molecule has 7 nitrogen and oxygen atoms in total. The van der Waals surface area contributed by atoms with Crippen molar-refractivity contribution in [1.82, 2.24) is 4.98 Å². The first-order chi connectivity index (χ1) is 10.4. The van der Waals surface area contributed by atoms with Crippen LogP contribution < -0.4 is 5.01 Å². The van der Waals surface area contributed by atoms with Gasteiger partial charge in [0.25, 0.3) is 5.69 Å². The van der Waals surface area contributed by atoms with Crippen molar-refractivity contribution in [2.45, 2.75) is 0 Å². The van der Waals surface area contributed by atoms with E-state index in [1.54, 1.807) is 7.05 Å². The second-order valence-electron chi connectivity index (χ2n) is 4.23. The highest BCUT2D eigenvalue weighted by atomic mass is 35.5.